The van der Waals surface area contributed by atoms with Crippen LogP contribution in [0.5, 0.6) is 5.75 Å². The topological polar surface area (TPSA) is 76.4 Å². The molecule has 0 aliphatic heterocycles. The third kappa shape index (κ3) is 4.68. The Morgan fingerprint density at radius 1 is 1.62 bits per heavy atom. The highest BCUT2D eigenvalue weighted by atomic mass is 16.6. The lowest BCUT2D eigenvalue weighted by atomic mass is 10.2. The summed E-state index contributed by atoms with van der Waals surface area (Å²) in [5.74, 6) is 0.109. The second-order valence-electron chi connectivity index (χ2n) is 4.39. The van der Waals surface area contributed by atoms with Gasteiger partial charge in [0.15, 0.2) is 5.75 Å². The van der Waals surface area contributed by atoms with Crippen molar-refractivity contribution in [1.82, 2.24) is 15.1 Å². The predicted molar refractivity (Wildman–Crippen MR) is 58.1 cm³/mol. The fourth-order valence-corrected chi connectivity index (χ4v) is 1.06. The van der Waals surface area contributed by atoms with E-state index >= 15 is 0 Å². The smallest absolute Gasteiger partial charge is 0.407 e. The Balaban J connectivity index is 2.23. The largest absolute Gasteiger partial charge is 0.505 e. The van der Waals surface area contributed by atoms with Crippen LogP contribution in [-0.4, -0.2) is 33.1 Å². The van der Waals surface area contributed by atoms with Crippen LogP contribution >= 0.6 is 0 Å². The van der Waals surface area contributed by atoms with E-state index in [1.54, 1.807) is 20.8 Å². The molecular weight excluding hydrogens is 210 g/mol. The minimum Gasteiger partial charge on any atom is -0.505 e. The molecule has 0 spiro atoms. The van der Waals surface area contributed by atoms with E-state index in [0.29, 0.717) is 13.1 Å². The van der Waals surface area contributed by atoms with Gasteiger partial charge >= 0.3 is 6.09 Å². The molecule has 0 atom stereocenters. The van der Waals surface area contributed by atoms with E-state index in [1.807, 2.05) is 0 Å². The molecule has 1 aromatic rings. The highest BCUT2D eigenvalue weighted by Crippen LogP contribution is 2.06. The van der Waals surface area contributed by atoms with Gasteiger partial charge in [0, 0.05) is 6.54 Å². The number of hydrogen-bond donors (Lipinski definition) is 2. The molecule has 6 nitrogen and oxygen atoms in total. The number of hydrogen-bond acceptors (Lipinski definition) is 4. The molecule has 6 heteroatoms. The summed E-state index contributed by atoms with van der Waals surface area (Å²) in [4.78, 5) is 11.2. The molecule has 0 unspecified atom stereocenters. The molecular formula is C10H17N3O3. The number of rotatable bonds is 3. The van der Waals surface area contributed by atoms with Gasteiger partial charge in [-0.2, -0.15) is 5.10 Å². The number of ether oxygens (including phenoxy) is 1. The van der Waals surface area contributed by atoms with E-state index in [2.05, 4.69) is 10.4 Å². The van der Waals surface area contributed by atoms with Crippen molar-refractivity contribution in [2.24, 2.45) is 0 Å². The minimum atomic E-state index is -0.492. The van der Waals surface area contributed by atoms with Gasteiger partial charge in [0.2, 0.25) is 0 Å². The zero-order valence-electron chi connectivity index (χ0n) is 9.73. The van der Waals surface area contributed by atoms with Gasteiger partial charge in [0.25, 0.3) is 0 Å². The molecule has 90 valence electrons. The number of aromatic nitrogens is 2. The van der Waals surface area contributed by atoms with E-state index in [-0.39, 0.29) is 5.75 Å². The maximum Gasteiger partial charge on any atom is 0.407 e. The van der Waals surface area contributed by atoms with E-state index in [4.69, 9.17) is 9.84 Å². The lowest BCUT2D eigenvalue weighted by molar-refractivity contribution is 0.0525. The molecule has 0 bridgehead atoms. The standard InChI is InChI=1S/C10H17N3O3/c1-10(2,3)16-9(15)11-4-5-13-7-8(14)6-12-13/h6-7,14H,4-5H2,1-3H3,(H,11,15). The van der Waals surface area contributed by atoms with Crippen molar-refractivity contribution in [3.8, 4) is 5.75 Å². The van der Waals surface area contributed by atoms with Crippen LogP contribution in [0.25, 0.3) is 0 Å². The second-order valence-corrected chi connectivity index (χ2v) is 4.39. The van der Waals surface area contributed by atoms with Gasteiger partial charge in [0.1, 0.15) is 5.60 Å². The van der Waals surface area contributed by atoms with E-state index < -0.39 is 11.7 Å². The van der Waals surface area contributed by atoms with Gasteiger partial charge < -0.3 is 15.2 Å². The summed E-state index contributed by atoms with van der Waals surface area (Å²) in [6.07, 6.45) is 2.37. The predicted octanol–water partition coefficient (Wildman–Crippen LogP) is 1.11. The summed E-state index contributed by atoms with van der Waals surface area (Å²) in [6, 6.07) is 0. The molecule has 0 saturated heterocycles. The van der Waals surface area contributed by atoms with Crippen LogP contribution in [0.3, 0.4) is 0 Å². The van der Waals surface area contributed by atoms with Crippen LogP contribution in [0.1, 0.15) is 20.8 Å². The zero-order valence-corrected chi connectivity index (χ0v) is 9.73. The van der Waals surface area contributed by atoms with Crippen molar-refractivity contribution in [3.63, 3.8) is 0 Å². The summed E-state index contributed by atoms with van der Waals surface area (Å²) in [7, 11) is 0. The molecule has 1 amide bonds. The van der Waals surface area contributed by atoms with Crippen molar-refractivity contribution < 1.29 is 14.6 Å². The number of amides is 1. The highest BCUT2D eigenvalue weighted by Gasteiger charge is 2.15. The Labute approximate surface area is 94.2 Å². The Bertz CT molecular complexity index is 354. The van der Waals surface area contributed by atoms with Crippen molar-refractivity contribution in [3.05, 3.63) is 12.4 Å². The van der Waals surface area contributed by atoms with Gasteiger partial charge in [-0.3, -0.25) is 4.68 Å². The molecule has 0 fully saturated rings. The molecule has 1 rings (SSSR count). The van der Waals surface area contributed by atoms with Crippen molar-refractivity contribution >= 4 is 6.09 Å². The van der Waals surface area contributed by atoms with Crippen LogP contribution < -0.4 is 5.32 Å². The fraction of sp³-hybridized carbons (Fsp3) is 0.600. The molecule has 0 aliphatic rings. The molecule has 1 heterocycles. The first kappa shape index (κ1) is 12.4. The first-order valence-electron chi connectivity index (χ1n) is 5.05. The Morgan fingerprint density at radius 2 is 2.31 bits per heavy atom. The summed E-state index contributed by atoms with van der Waals surface area (Å²) in [5, 5.41) is 15.5. The van der Waals surface area contributed by atoms with Gasteiger partial charge in [-0.15, -0.1) is 0 Å². The molecule has 0 radical (unpaired) electrons. The third-order valence-corrected chi connectivity index (χ3v) is 1.63. The molecule has 2 N–H and O–H groups in total. The lowest BCUT2D eigenvalue weighted by Gasteiger charge is -2.19. The highest BCUT2D eigenvalue weighted by molar-refractivity contribution is 5.67. The number of carbonyl (C=O) groups is 1. The van der Waals surface area contributed by atoms with Crippen LogP contribution in [0.2, 0.25) is 0 Å². The zero-order chi connectivity index (χ0) is 12.2. The second kappa shape index (κ2) is 4.87. The average Bonchev–Trinajstić information content (AvgIpc) is 2.48. The third-order valence-electron chi connectivity index (χ3n) is 1.63. The SMILES string of the molecule is CC(C)(C)OC(=O)NCCn1cc(O)cn1. The van der Waals surface area contributed by atoms with Gasteiger partial charge in [0.05, 0.1) is 18.9 Å². The van der Waals surface area contributed by atoms with Crippen LogP contribution in [0.4, 0.5) is 4.79 Å². The van der Waals surface area contributed by atoms with Crippen LogP contribution in [0, 0.1) is 0 Å². The normalized spacial score (nSPS) is 11.2. The molecule has 1 aromatic heterocycles. The maximum absolute atomic E-state index is 11.2. The Morgan fingerprint density at radius 3 is 2.81 bits per heavy atom. The van der Waals surface area contributed by atoms with E-state index in [1.165, 1.54) is 17.1 Å². The summed E-state index contributed by atoms with van der Waals surface area (Å²) >= 11 is 0. The van der Waals surface area contributed by atoms with E-state index in [0.717, 1.165) is 0 Å². The number of nitrogens with zero attached hydrogens (tertiary/aromatic N) is 2. The first-order chi connectivity index (χ1) is 7.37. The number of alkyl carbamates (subject to hydrolysis) is 1. The Kier molecular flexibility index (Phi) is 3.76. The number of nitrogens with one attached hydrogen (secondary N) is 1. The maximum atomic E-state index is 11.2. The van der Waals surface area contributed by atoms with Crippen molar-refractivity contribution in [2.45, 2.75) is 32.9 Å². The quantitative estimate of drug-likeness (QED) is 0.811. The first-order valence-corrected chi connectivity index (χ1v) is 5.05. The molecule has 16 heavy (non-hydrogen) atoms. The minimum absolute atomic E-state index is 0.109. The van der Waals surface area contributed by atoms with Gasteiger partial charge in [-0.1, -0.05) is 0 Å². The van der Waals surface area contributed by atoms with Gasteiger partial charge in [-0.25, -0.2) is 4.79 Å². The van der Waals surface area contributed by atoms with Crippen LogP contribution in [-0.2, 0) is 11.3 Å². The summed E-state index contributed by atoms with van der Waals surface area (Å²) < 4.78 is 6.59. The van der Waals surface area contributed by atoms with Gasteiger partial charge in [-0.05, 0) is 20.8 Å². The summed E-state index contributed by atoms with van der Waals surface area (Å²) in [5.41, 5.74) is -0.492. The van der Waals surface area contributed by atoms with Crippen molar-refractivity contribution in [1.29, 1.82) is 0 Å². The number of aromatic hydroxyl groups is 1. The average molecular weight is 227 g/mol. The molecule has 0 saturated carbocycles. The van der Waals surface area contributed by atoms with E-state index in [9.17, 15) is 4.79 Å². The van der Waals surface area contributed by atoms with Crippen LogP contribution in [0.15, 0.2) is 12.4 Å². The summed E-state index contributed by atoms with van der Waals surface area (Å²) in [6.45, 7) is 6.30. The molecule has 0 aliphatic carbocycles. The number of carbonyl (C=O) groups excluding carboxylic acids is 1. The fourth-order valence-electron chi connectivity index (χ4n) is 1.06. The van der Waals surface area contributed by atoms with Crippen molar-refractivity contribution in [2.75, 3.05) is 6.54 Å². The monoisotopic (exact) mass is 227 g/mol. The lowest BCUT2D eigenvalue weighted by Crippen LogP contribution is -2.34. The Hall–Kier alpha value is -1.72. The molecule has 0 aromatic carbocycles.